The Morgan fingerprint density at radius 2 is 1.75 bits per heavy atom. The molecule has 1 saturated heterocycles. The summed E-state index contributed by atoms with van der Waals surface area (Å²) in [4.78, 5) is 35.0. The molecule has 6 rings (SSSR count). The average Bonchev–Trinajstić information content (AvgIpc) is 2.91. The van der Waals surface area contributed by atoms with E-state index >= 15 is 4.39 Å². The molecular weight excluding hydrogens is 476 g/mol. The van der Waals surface area contributed by atoms with E-state index in [2.05, 4.69) is 25.1 Å². The van der Waals surface area contributed by atoms with Crippen molar-refractivity contribution >= 4 is 40.4 Å². The summed E-state index contributed by atoms with van der Waals surface area (Å²) in [6.45, 7) is 1.13. The Morgan fingerprint density at radius 3 is 2.58 bits per heavy atom. The van der Waals surface area contributed by atoms with Gasteiger partial charge < -0.3 is 0 Å². The van der Waals surface area contributed by atoms with Crippen LogP contribution in [0.15, 0.2) is 77.7 Å². The van der Waals surface area contributed by atoms with Crippen molar-refractivity contribution in [1.29, 1.82) is 0 Å². The number of rotatable bonds is 4. The van der Waals surface area contributed by atoms with Crippen molar-refractivity contribution in [1.82, 2.24) is 20.2 Å². The molecule has 5 aromatic rings. The fraction of sp³-hybridized carbons (Fsp3) is 0.185. The zero-order valence-electron chi connectivity index (χ0n) is 19.5. The van der Waals surface area contributed by atoms with E-state index in [4.69, 9.17) is 0 Å². The van der Waals surface area contributed by atoms with E-state index in [0.29, 0.717) is 54.2 Å². The molecule has 182 valence electrons. The van der Waals surface area contributed by atoms with Crippen LogP contribution in [-0.4, -0.2) is 50.5 Å². The van der Waals surface area contributed by atoms with Crippen molar-refractivity contribution in [3.8, 4) is 0 Å². The number of para-hydroxylation sites is 1. The first-order valence-electron chi connectivity index (χ1n) is 11.9. The van der Waals surface area contributed by atoms with Gasteiger partial charge in [-0.05, 0) is 0 Å². The molecule has 3 heterocycles. The zero-order chi connectivity index (χ0) is 24.7. The van der Waals surface area contributed by atoms with Gasteiger partial charge in [-0.15, -0.1) is 0 Å². The van der Waals surface area contributed by atoms with Crippen LogP contribution in [0.2, 0.25) is 0 Å². The van der Waals surface area contributed by atoms with Crippen LogP contribution in [-0.2, 0) is 6.42 Å². The van der Waals surface area contributed by atoms with Gasteiger partial charge in [0.1, 0.15) is 0 Å². The van der Waals surface area contributed by atoms with Gasteiger partial charge in [0.25, 0.3) is 0 Å². The first-order valence-corrected chi connectivity index (χ1v) is 14.3. The van der Waals surface area contributed by atoms with Crippen LogP contribution in [0.25, 0.3) is 21.7 Å². The van der Waals surface area contributed by atoms with Crippen LogP contribution in [0.3, 0.4) is 0 Å². The molecule has 7 nitrogen and oxygen atoms in total. The summed E-state index contributed by atoms with van der Waals surface area (Å²) in [5, 5.41) is 9.54. The molecule has 0 aliphatic carbocycles. The van der Waals surface area contributed by atoms with Crippen molar-refractivity contribution in [2.24, 2.45) is 0 Å². The molecule has 1 aliphatic rings. The number of H-pyrrole nitrogens is 1. The van der Waals surface area contributed by atoms with Gasteiger partial charge in [-0.2, -0.15) is 0 Å². The fourth-order valence-electron chi connectivity index (χ4n) is 5.00. The summed E-state index contributed by atoms with van der Waals surface area (Å²) < 4.78 is 15.0. The van der Waals surface area contributed by atoms with Crippen molar-refractivity contribution in [3.05, 3.63) is 100 Å². The predicted molar refractivity (Wildman–Crippen MR) is 143 cm³/mol. The summed E-state index contributed by atoms with van der Waals surface area (Å²) in [5.41, 5.74) is 2.19. The molecule has 0 radical (unpaired) electrons. The van der Waals surface area contributed by atoms with E-state index in [1.165, 1.54) is 6.07 Å². The number of fused-ring (bicyclic) bond motifs is 2. The first kappa shape index (κ1) is 22.7. The second kappa shape index (κ2) is 9.04. The summed E-state index contributed by atoms with van der Waals surface area (Å²) >= 11 is 0. The Kier molecular flexibility index (Phi) is 5.70. The van der Waals surface area contributed by atoms with Gasteiger partial charge in [0, 0.05) is 0 Å². The summed E-state index contributed by atoms with van der Waals surface area (Å²) in [6, 6.07) is 20.1. The van der Waals surface area contributed by atoms with Crippen molar-refractivity contribution in [2.45, 2.75) is 6.42 Å². The number of anilines is 1. The Bertz CT molecular complexity index is 1650. The number of benzene rings is 3. The van der Waals surface area contributed by atoms with Crippen molar-refractivity contribution in [2.75, 3.05) is 30.3 Å². The van der Waals surface area contributed by atoms with E-state index in [-0.39, 0.29) is 11.4 Å². The Hall–Kier alpha value is -3.74. The molecule has 0 amide bonds. The minimum absolute atomic E-state index is 0.238. The quantitative estimate of drug-likeness (QED) is 0.367. The number of aromatic nitrogens is 4. The van der Waals surface area contributed by atoms with Gasteiger partial charge in [0.05, 0.1) is 0 Å². The molecule has 0 spiro atoms. The molecular formula is C27H25FN5O2P. The van der Waals surface area contributed by atoms with Gasteiger partial charge in [-0.3, -0.25) is 0 Å². The van der Waals surface area contributed by atoms with E-state index in [9.17, 15) is 9.69 Å². The number of nitrogens with one attached hydrogen (secondary N) is 1. The molecule has 2 aromatic heterocycles. The molecule has 0 unspecified atom stereocenters. The number of hydrogen-bond acceptors (Lipinski definition) is 6. The third-order valence-electron chi connectivity index (χ3n) is 7.03. The monoisotopic (exact) mass is 501 g/mol. The molecule has 1 aliphatic heterocycles. The molecule has 0 saturated carbocycles. The fourth-order valence-corrected chi connectivity index (χ4v) is 8.05. The average molecular weight is 502 g/mol. The maximum atomic E-state index is 15.0. The molecule has 3 aromatic carbocycles. The van der Waals surface area contributed by atoms with Crippen LogP contribution >= 0.6 is 7.49 Å². The van der Waals surface area contributed by atoms with Crippen LogP contribution in [0, 0.1) is 5.82 Å². The minimum atomic E-state index is -3.05. The normalized spacial score (nSPS) is 16.3. The Labute approximate surface area is 207 Å². The number of nitrogens with zero attached hydrogens (tertiary/aromatic N) is 4. The predicted octanol–water partition coefficient (Wildman–Crippen LogP) is 3.40. The van der Waals surface area contributed by atoms with E-state index in [0.717, 1.165) is 21.9 Å². The van der Waals surface area contributed by atoms with Gasteiger partial charge in [-0.1, -0.05) is 0 Å². The van der Waals surface area contributed by atoms with E-state index in [1.807, 2.05) is 48.7 Å². The molecule has 1 fully saturated rings. The van der Waals surface area contributed by atoms with Crippen LogP contribution in [0.4, 0.5) is 10.3 Å². The standard InChI is InChI=1S/C27H25FN5O2P/c28-22-10-9-18(15-24-20-6-2-3-7-21(20)26(34)32-31-24)16-25(22)36(35)13-11-33(12-14-36)27-29-17-19-5-1-4-8-23(19)30-27/h1-10,16-17,35-36H,11-15H2,(H,32,34). The number of halogens is 1. The van der Waals surface area contributed by atoms with Crippen LogP contribution in [0.1, 0.15) is 11.3 Å². The maximum absolute atomic E-state index is 15.0. The molecule has 0 atom stereocenters. The SMILES string of the molecule is O=c1[nH]nc(Cc2ccc(F)c([PH]3(O)CCN(c4ncc5ccccc5n4)CC3)c2)c2ccccc12. The van der Waals surface area contributed by atoms with E-state index in [1.54, 1.807) is 18.2 Å². The third-order valence-corrected chi connectivity index (χ3v) is 10.5. The van der Waals surface area contributed by atoms with Crippen LogP contribution in [0.5, 0.6) is 0 Å². The molecule has 36 heavy (non-hydrogen) atoms. The first-order chi connectivity index (χ1) is 17.5. The second-order valence-corrected chi connectivity index (χ2v) is 12.9. The molecule has 2 N–H and O–H groups in total. The second-order valence-electron chi connectivity index (χ2n) is 9.28. The molecule has 0 bridgehead atoms. The molecule has 9 heteroatoms. The van der Waals surface area contributed by atoms with Gasteiger partial charge in [0.2, 0.25) is 0 Å². The third kappa shape index (κ3) is 4.12. The Morgan fingerprint density at radius 1 is 1.00 bits per heavy atom. The van der Waals surface area contributed by atoms with Crippen molar-refractivity contribution in [3.63, 3.8) is 0 Å². The number of aromatic amines is 1. The van der Waals surface area contributed by atoms with Crippen molar-refractivity contribution < 1.29 is 9.28 Å². The zero-order valence-corrected chi connectivity index (χ0v) is 20.5. The summed E-state index contributed by atoms with van der Waals surface area (Å²) in [6.07, 6.45) is 3.21. The van der Waals surface area contributed by atoms with Crippen LogP contribution < -0.4 is 15.8 Å². The van der Waals surface area contributed by atoms with Gasteiger partial charge >= 0.3 is 207 Å². The topological polar surface area (TPSA) is 95.0 Å². The van der Waals surface area contributed by atoms with Gasteiger partial charge in [-0.25, -0.2) is 0 Å². The number of hydrogen-bond donors (Lipinski definition) is 2. The Balaban J connectivity index is 1.25. The van der Waals surface area contributed by atoms with Gasteiger partial charge in [0.15, 0.2) is 0 Å². The van der Waals surface area contributed by atoms with E-state index < -0.39 is 7.49 Å². The summed E-state index contributed by atoms with van der Waals surface area (Å²) in [7, 11) is -3.05. The summed E-state index contributed by atoms with van der Waals surface area (Å²) in [5.74, 6) is 0.262.